The molecular formula is C5H5Cl2N. The zero-order valence-electron chi connectivity index (χ0n) is 4.14. The fraction of sp³-hybridized carbons (Fsp3) is 0.200. The first-order valence-electron chi connectivity index (χ1n) is 2.22. The van der Waals surface area contributed by atoms with Crippen molar-refractivity contribution in [2.45, 2.75) is 5.88 Å². The summed E-state index contributed by atoms with van der Waals surface area (Å²) in [5.74, 6) is 0.528. The van der Waals surface area contributed by atoms with Gasteiger partial charge in [-0.1, -0.05) is 0 Å². The van der Waals surface area contributed by atoms with E-state index in [2.05, 4.69) is 0 Å². The second kappa shape index (κ2) is 2.42. The van der Waals surface area contributed by atoms with Crippen LogP contribution >= 0.6 is 23.4 Å². The van der Waals surface area contributed by atoms with Crippen molar-refractivity contribution in [2.24, 2.45) is 0 Å². The summed E-state index contributed by atoms with van der Waals surface area (Å²) < 4.78 is 1.46. The molecule has 0 fully saturated rings. The molecule has 8 heavy (non-hydrogen) atoms. The van der Waals surface area contributed by atoms with Gasteiger partial charge in [0.25, 0.3) is 0 Å². The average Bonchev–Trinajstić information content (AvgIpc) is 2.14. The number of hydrogen-bond acceptors (Lipinski definition) is 0. The Labute approximate surface area is 57.9 Å². The maximum absolute atomic E-state index is 5.50. The third kappa shape index (κ3) is 1.17. The van der Waals surface area contributed by atoms with E-state index in [0.717, 1.165) is 5.56 Å². The molecule has 0 aliphatic rings. The molecule has 44 valence electrons. The zero-order chi connectivity index (χ0) is 5.98. The summed E-state index contributed by atoms with van der Waals surface area (Å²) in [5, 5.41) is 0. The Bertz CT molecular complexity index is 171. The van der Waals surface area contributed by atoms with E-state index in [4.69, 9.17) is 23.4 Å². The van der Waals surface area contributed by atoms with E-state index in [0.29, 0.717) is 5.88 Å². The zero-order valence-corrected chi connectivity index (χ0v) is 5.65. The van der Waals surface area contributed by atoms with Gasteiger partial charge in [-0.05, 0) is 11.6 Å². The summed E-state index contributed by atoms with van der Waals surface area (Å²) in [6, 6.07) is 1.88. The molecule has 0 radical (unpaired) electrons. The lowest BCUT2D eigenvalue weighted by Gasteiger charge is -1.80. The molecule has 0 saturated heterocycles. The van der Waals surface area contributed by atoms with Crippen LogP contribution in [0.1, 0.15) is 5.56 Å². The van der Waals surface area contributed by atoms with Crippen LogP contribution < -0.4 is 0 Å². The summed E-state index contributed by atoms with van der Waals surface area (Å²) in [7, 11) is 0. The van der Waals surface area contributed by atoms with Gasteiger partial charge in [0, 0.05) is 30.1 Å². The SMILES string of the molecule is ClCc1ccn(Cl)c1. The summed E-state index contributed by atoms with van der Waals surface area (Å²) >= 11 is 11.0. The van der Waals surface area contributed by atoms with Crippen LogP contribution in [0.15, 0.2) is 18.5 Å². The Hall–Kier alpha value is -0.140. The lowest BCUT2D eigenvalue weighted by atomic mass is 10.4. The number of alkyl halides is 1. The van der Waals surface area contributed by atoms with Crippen LogP contribution in [-0.4, -0.2) is 4.09 Å². The van der Waals surface area contributed by atoms with Gasteiger partial charge in [-0.3, -0.25) is 4.09 Å². The van der Waals surface area contributed by atoms with Gasteiger partial charge < -0.3 is 0 Å². The minimum Gasteiger partial charge on any atom is -0.268 e. The Kier molecular flexibility index (Phi) is 1.81. The molecule has 0 unspecified atom stereocenters. The molecule has 0 aromatic carbocycles. The summed E-state index contributed by atoms with van der Waals surface area (Å²) in [6.07, 6.45) is 3.52. The molecule has 1 rings (SSSR count). The molecule has 0 bridgehead atoms. The maximum atomic E-state index is 5.50. The molecule has 0 aliphatic carbocycles. The monoisotopic (exact) mass is 149 g/mol. The largest absolute Gasteiger partial charge is 0.268 e. The van der Waals surface area contributed by atoms with E-state index in [9.17, 15) is 0 Å². The van der Waals surface area contributed by atoms with E-state index in [1.54, 1.807) is 12.4 Å². The normalized spacial score (nSPS) is 9.75. The highest BCUT2D eigenvalue weighted by atomic mass is 35.5. The molecule has 0 N–H and O–H groups in total. The topological polar surface area (TPSA) is 4.93 Å². The van der Waals surface area contributed by atoms with Crippen molar-refractivity contribution in [3.05, 3.63) is 24.0 Å². The first-order valence-corrected chi connectivity index (χ1v) is 3.09. The summed E-state index contributed by atoms with van der Waals surface area (Å²) in [6.45, 7) is 0. The number of halogens is 2. The lowest BCUT2D eigenvalue weighted by Crippen LogP contribution is -1.69. The van der Waals surface area contributed by atoms with Crippen molar-refractivity contribution in [1.82, 2.24) is 4.09 Å². The van der Waals surface area contributed by atoms with Gasteiger partial charge in [-0.15, -0.1) is 11.6 Å². The predicted octanol–water partition coefficient (Wildman–Crippen LogP) is 2.23. The number of aromatic nitrogens is 1. The number of rotatable bonds is 1. The third-order valence-corrected chi connectivity index (χ3v) is 1.39. The van der Waals surface area contributed by atoms with Gasteiger partial charge in [0.05, 0.1) is 0 Å². The molecular weight excluding hydrogens is 145 g/mol. The van der Waals surface area contributed by atoms with Crippen LogP contribution in [-0.2, 0) is 5.88 Å². The Morgan fingerprint density at radius 3 is 2.62 bits per heavy atom. The van der Waals surface area contributed by atoms with Gasteiger partial charge in [-0.2, -0.15) is 0 Å². The van der Waals surface area contributed by atoms with E-state index in [1.807, 2.05) is 6.07 Å². The predicted molar refractivity (Wildman–Crippen MR) is 35.2 cm³/mol. The molecule has 0 saturated carbocycles. The second-order valence-corrected chi connectivity index (χ2v) is 2.16. The van der Waals surface area contributed by atoms with Gasteiger partial charge in [0.15, 0.2) is 0 Å². The molecule has 0 aliphatic heterocycles. The Morgan fingerprint density at radius 1 is 1.62 bits per heavy atom. The average molecular weight is 150 g/mol. The first-order chi connectivity index (χ1) is 3.83. The summed E-state index contributed by atoms with van der Waals surface area (Å²) in [4.78, 5) is 0. The van der Waals surface area contributed by atoms with Crippen LogP contribution in [0.3, 0.4) is 0 Å². The van der Waals surface area contributed by atoms with Gasteiger partial charge in [0.2, 0.25) is 0 Å². The second-order valence-electron chi connectivity index (χ2n) is 1.50. The quantitative estimate of drug-likeness (QED) is 0.541. The Balaban J connectivity index is 2.84. The lowest BCUT2D eigenvalue weighted by molar-refractivity contribution is 1.25. The molecule has 0 amide bonds. The first kappa shape index (κ1) is 5.99. The van der Waals surface area contributed by atoms with Crippen molar-refractivity contribution in [3.8, 4) is 0 Å². The van der Waals surface area contributed by atoms with E-state index in [-0.39, 0.29) is 0 Å². The van der Waals surface area contributed by atoms with Crippen LogP contribution in [0.2, 0.25) is 0 Å². The molecule has 1 nitrogen and oxygen atoms in total. The van der Waals surface area contributed by atoms with Crippen LogP contribution in [0.4, 0.5) is 0 Å². The molecule has 0 spiro atoms. The van der Waals surface area contributed by atoms with Crippen molar-refractivity contribution >= 4 is 23.4 Å². The maximum Gasteiger partial charge on any atom is 0.0489 e. The molecule has 3 heteroatoms. The number of hydrogen-bond donors (Lipinski definition) is 0. The highest BCUT2D eigenvalue weighted by Crippen LogP contribution is 2.04. The third-order valence-electron chi connectivity index (χ3n) is 0.874. The Morgan fingerprint density at radius 2 is 2.38 bits per heavy atom. The minimum absolute atomic E-state index is 0.528. The highest BCUT2D eigenvalue weighted by molar-refractivity contribution is 6.17. The molecule has 0 atom stereocenters. The smallest absolute Gasteiger partial charge is 0.0489 e. The van der Waals surface area contributed by atoms with Gasteiger partial charge in [-0.25, -0.2) is 0 Å². The fourth-order valence-corrected chi connectivity index (χ4v) is 0.830. The van der Waals surface area contributed by atoms with Crippen LogP contribution in [0, 0.1) is 0 Å². The summed E-state index contributed by atoms with van der Waals surface area (Å²) in [5.41, 5.74) is 1.04. The molecule has 1 aromatic heterocycles. The van der Waals surface area contributed by atoms with Gasteiger partial charge >= 0.3 is 0 Å². The van der Waals surface area contributed by atoms with E-state index >= 15 is 0 Å². The van der Waals surface area contributed by atoms with Crippen molar-refractivity contribution in [2.75, 3.05) is 0 Å². The molecule has 1 aromatic rings. The highest BCUT2D eigenvalue weighted by Gasteiger charge is 1.89. The van der Waals surface area contributed by atoms with Crippen LogP contribution in [0.5, 0.6) is 0 Å². The van der Waals surface area contributed by atoms with E-state index in [1.165, 1.54) is 4.09 Å². The van der Waals surface area contributed by atoms with Crippen molar-refractivity contribution in [1.29, 1.82) is 0 Å². The van der Waals surface area contributed by atoms with E-state index < -0.39 is 0 Å². The fourth-order valence-electron chi connectivity index (χ4n) is 0.490. The standard InChI is InChI=1S/C5H5Cl2N/c6-3-5-1-2-8(7)4-5/h1-2,4H,3H2. The van der Waals surface area contributed by atoms with Crippen molar-refractivity contribution < 1.29 is 0 Å². The molecule has 1 heterocycles. The van der Waals surface area contributed by atoms with Crippen LogP contribution in [0.25, 0.3) is 0 Å². The minimum atomic E-state index is 0.528. The van der Waals surface area contributed by atoms with Gasteiger partial charge in [0.1, 0.15) is 0 Å². The van der Waals surface area contributed by atoms with Crippen molar-refractivity contribution in [3.63, 3.8) is 0 Å². The number of nitrogens with zero attached hydrogens (tertiary/aromatic N) is 1.